The third kappa shape index (κ3) is 4.82. The van der Waals surface area contributed by atoms with Crippen molar-refractivity contribution in [2.75, 3.05) is 5.32 Å². The quantitative estimate of drug-likeness (QED) is 0.673. The number of halogens is 3. The van der Waals surface area contributed by atoms with Gasteiger partial charge in [-0.25, -0.2) is 9.78 Å². The molecule has 0 aliphatic carbocycles. The predicted octanol–water partition coefficient (Wildman–Crippen LogP) is 3.74. The standard InChI is InChI=1S/C12H11F3N2O2/c1-3-4-8(2)19-11(18)17-10-7-9(5-6-16-10)12(13,14)15/h3-7H,2H2,1H3,(H,16,17,18)/b4-3-. The molecule has 4 nitrogen and oxygen atoms in total. The van der Waals surface area contributed by atoms with Gasteiger partial charge >= 0.3 is 12.3 Å². The molecular weight excluding hydrogens is 261 g/mol. The van der Waals surface area contributed by atoms with Crippen LogP contribution in [0.5, 0.6) is 0 Å². The van der Waals surface area contributed by atoms with Crippen LogP contribution in [-0.2, 0) is 10.9 Å². The largest absolute Gasteiger partial charge is 0.418 e. The van der Waals surface area contributed by atoms with Crippen LogP contribution in [0, 0.1) is 0 Å². The molecule has 1 N–H and O–H groups in total. The van der Waals surface area contributed by atoms with E-state index in [0.29, 0.717) is 6.07 Å². The summed E-state index contributed by atoms with van der Waals surface area (Å²) >= 11 is 0. The number of amides is 1. The smallest absolute Gasteiger partial charge is 0.411 e. The number of ether oxygens (including phenoxy) is 1. The van der Waals surface area contributed by atoms with Crippen LogP contribution in [0.25, 0.3) is 0 Å². The Balaban J connectivity index is 2.72. The summed E-state index contributed by atoms with van der Waals surface area (Å²) in [6.07, 6.45) is -1.50. The highest BCUT2D eigenvalue weighted by Crippen LogP contribution is 2.29. The third-order valence-corrected chi connectivity index (χ3v) is 1.89. The second-order valence-corrected chi connectivity index (χ2v) is 3.41. The van der Waals surface area contributed by atoms with Crippen molar-refractivity contribution in [3.63, 3.8) is 0 Å². The molecule has 19 heavy (non-hydrogen) atoms. The van der Waals surface area contributed by atoms with E-state index < -0.39 is 17.8 Å². The normalized spacial score (nSPS) is 11.4. The SMILES string of the molecule is C=C(/C=C\C)OC(=O)Nc1cc(C(F)(F)F)ccn1. The maximum absolute atomic E-state index is 12.4. The van der Waals surface area contributed by atoms with Gasteiger partial charge in [0.25, 0.3) is 0 Å². The number of aromatic nitrogens is 1. The molecule has 0 saturated carbocycles. The summed E-state index contributed by atoms with van der Waals surface area (Å²) in [5, 5.41) is 2.08. The van der Waals surface area contributed by atoms with Gasteiger partial charge in [-0.15, -0.1) is 0 Å². The van der Waals surface area contributed by atoms with E-state index >= 15 is 0 Å². The molecule has 1 rings (SSSR count). The third-order valence-electron chi connectivity index (χ3n) is 1.89. The number of anilines is 1. The van der Waals surface area contributed by atoms with Crippen molar-refractivity contribution in [1.29, 1.82) is 0 Å². The van der Waals surface area contributed by atoms with Gasteiger partial charge in [-0.1, -0.05) is 12.7 Å². The monoisotopic (exact) mass is 272 g/mol. The highest BCUT2D eigenvalue weighted by molar-refractivity contribution is 5.84. The molecule has 0 radical (unpaired) electrons. The Morgan fingerprint density at radius 3 is 2.79 bits per heavy atom. The summed E-state index contributed by atoms with van der Waals surface area (Å²) in [7, 11) is 0. The maximum atomic E-state index is 12.4. The number of pyridine rings is 1. The zero-order valence-electron chi connectivity index (χ0n) is 9.99. The number of carbonyl (C=O) groups is 1. The van der Waals surface area contributed by atoms with E-state index in [9.17, 15) is 18.0 Å². The van der Waals surface area contributed by atoms with Crippen LogP contribution in [-0.4, -0.2) is 11.1 Å². The second kappa shape index (κ2) is 6.03. The van der Waals surface area contributed by atoms with Gasteiger partial charge in [0.05, 0.1) is 5.56 Å². The number of carbonyl (C=O) groups excluding carboxylic acids is 1. The first kappa shape index (κ1) is 14.7. The minimum atomic E-state index is -4.50. The first-order chi connectivity index (χ1) is 8.82. The van der Waals surface area contributed by atoms with E-state index in [-0.39, 0.29) is 11.6 Å². The van der Waals surface area contributed by atoms with Crippen LogP contribution in [0.2, 0.25) is 0 Å². The van der Waals surface area contributed by atoms with E-state index in [4.69, 9.17) is 0 Å². The molecule has 0 bridgehead atoms. The molecule has 1 heterocycles. The Morgan fingerprint density at radius 1 is 1.53 bits per heavy atom. The molecule has 0 atom stereocenters. The average Bonchev–Trinajstić information content (AvgIpc) is 2.28. The van der Waals surface area contributed by atoms with E-state index in [1.807, 2.05) is 0 Å². The topological polar surface area (TPSA) is 51.2 Å². The first-order valence-electron chi connectivity index (χ1n) is 5.16. The van der Waals surface area contributed by atoms with E-state index in [0.717, 1.165) is 12.3 Å². The zero-order valence-corrected chi connectivity index (χ0v) is 9.99. The van der Waals surface area contributed by atoms with Crippen LogP contribution in [0.15, 0.2) is 42.8 Å². The van der Waals surface area contributed by atoms with Crippen molar-refractivity contribution in [3.05, 3.63) is 48.4 Å². The summed E-state index contributed by atoms with van der Waals surface area (Å²) in [6, 6.07) is 1.51. The lowest BCUT2D eigenvalue weighted by Crippen LogP contribution is -2.14. The van der Waals surface area contributed by atoms with Gasteiger partial charge in [-0.05, 0) is 25.1 Å². The molecule has 0 aromatic carbocycles. The summed E-state index contributed by atoms with van der Waals surface area (Å²) in [5.41, 5.74) is -0.912. The highest BCUT2D eigenvalue weighted by atomic mass is 19.4. The number of nitrogens with zero attached hydrogens (tertiary/aromatic N) is 1. The van der Waals surface area contributed by atoms with Crippen molar-refractivity contribution in [3.8, 4) is 0 Å². The minimum absolute atomic E-state index is 0.0620. The van der Waals surface area contributed by atoms with Crippen molar-refractivity contribution >= 4 is 11.9 Å². The molecule has 0 spiro atoms. The molecule has 0 saturated heterocycles. The van der Waals surface area contributed by atoms with Crippen molar-refractivity contribution in [2.24, 2.45) is 0 Å². The number of hydrogen-bond donors (Lipinski definition) is 1. The highest BCUT2D eigenvalue weighted by Gasteiger charge is 2.30. The molecule has 1 amide bonds. The molecule has 102 valence electrons. The van der Waals surface area contributed by atoms with Crippen LogP contribution in [0.3, 0.4) is 0 Å². The van der Waals surface area contributed by atoms with Crippen molar-refractivity contribution in [1.82, 2.24) is 4.98 Å². The van der Waals surface area contributed by atoms with Crippen LogP contribution in [0.4, 0.5) is 23.8 Å². The van der Waals surface area contributed by atoms with Crippen molar-refractivity contribution in [2.45, 2.75) is 13.1 Å². The molecule has 1 aromatic rings. The van der Waals surface area contributed by atoms with E-state index in [1.165, 1.54) is 6.08 Å². The Hall–Kier alpha value is -2.31. The summed E-state index contributed by atoms with van der Waals surface area (Å²) in [4.78, 5) is 14.9. The van der Waals surface area contributed by atoms with E-state index in [1.54, 1.807) is 13.0 Å². The van der Waals surface area contributed by atoms with Crippen LogP contribution in [0.1, 0.15) is 12.5 Å². The fourth-order valence-electron chi connectivity index (χ4n) is 1.14. The van der Waals surface area contributed by atoms with Gasteiger partial charge in [-0.3, -0.25) is 5.32 Å². The Bertz CT molecular complexity index is 510. The molecule has 0 aliphatic rings. The fraction of sp³-hybridized carbons (Fsp3) is 0.167. The summed E-state index contributed by atoms with van der Waals surface area (Å²) < 4.78 is 41.9. The van der Waals surface area contributed by atoms with Crippen LogP contribution >= 0.6 is 0 Å². The van der Waals surface area contributed by atoms with Crippen LogP contribution < -0.4 is 5.32 Å². The number of allylic oxidation sites excluding steroid dienone is 2. The fourth-order valence-corrected chi connectivity index (χ4v) is 1.14. The minimum Gasteiger partial charge on any atom is -0.411 e. The van der Waals surface area contributed by atoms with Gasteiger partial charge in [0.1, 0.15) is 11.6 Å². The Kier molecular flexibility index (Phi) is 4.68. The maximum Gasteiger partial charge on any atom is 0.418 e. The number of hydrogen-bond acceptors (Lipinski definition) is 3. The average molecular weight is 272 g/mol. The Morgan fingerprint density at radius 2 is 2.21 bits per heavy atom. The van der Waals surface area contributed by atoms with E-state index in [2.05, 4.69) is 21.6 Å². The first-order valence-corrected chi connectivity index (χ1v) is 5.16. The van der Waals surface area contributed by atoms with Gasteiger partial charge in [0, 0.05) is 6.20 Å². The lowest BCUT2D eigenvalue weighted by molar-refractivity contribution is -0.137. The molecule has 0 fully saturated rings. The van der Waals surface area contributed by atoms with Gasteiger partial charge < -0.3 is 4.74 Å². The molecular formula is C12H11F3N2O2. The van der Waals surface area contributed by atoms with Gasteiger partial charge in [-0.2, -0.15) is 13.2 Å². The van der Waals surface area contributed by atoms with Gasteiger partial charge in [0.15, 0.2) is 0 Å². The Labute approximate surface area is 107 Å². The number of nitrogens with one attached hydrogen (secondary N) is 1. The predicted molar refractivity (Wildman–Crippen MR) is 63.3 cm³/mol. The second-order valence-electron chi connectivity index (χ2n) is 3.41. The molecule has 0 aliphatic heterocycles. The van der Waals surface area contributed by atoms with Crippen molar-refractivity contribution < 1.29 is 22.7 Å². The zero-order chi connectivity index (χ0) is 14.5. The summed E-state index contributed by atoms with van der Waals surface area (Å²) in [6.45, 7) is 5.11. The lowest BCUT2D eigenvalue weighted by Gasteiger charge is -2.09. The molecule has 0 unspecified atom stereocenters. The lowest BCUT2D eigenvalue weighted by atomic mass is 10.2. The number of alkyl halides is 3. The van der Waals surface area contributed by atoms with Gasteiger partial charge in [0.2, 0.25) is 0 Å². The molecule has 7 heteroatoms. The number of rotatable bonds is 3. The summed E-state index contributed by atoms with van der Waals surface area (Å²) in [5.74, 6) is -0.194. The molecule has 1 aromatic heterocycles.